The molecule has 12 aromatic rings. The van der Waals surface area contributed by atoms with E-state index >= 15 is 0 Å². The number of hydrazine groups is 4. The molecular weight excluding hydrogens is 2090 g/mol. The molecule has 4 saturated heterocycles. The maximum absolute atomic E-state index is 13.6. The number of hydrogen-bond acceptors (Lipinski definition) is 17. The van der Waals surface area contributed by atoms with Crippen LogP contribution in [0, 0.1) is 0 Å². The third-order valence-corrected chi connectivity index (χ3v) is 27.2. The molecule has 4 aliphatic heterocycles. The molecule has 1 aliphatic carbocycles. The second-order valence-electron chi connectivity index (χ2n) is 34.0. The molecule has 1 saturated carbocycles. The van der Waals surface area contributed by atoms with Gasteiger partial charge in [-0.05, 0) is 205 Å². The third kappa shape index (κ3) is 29.1. The number of hydrogen-bond donors (Lipinski definition) is 10. The van der Waals surface area contributed by atoms with Crippen LogP contribution >= 0.6 is 151 Å². The topological polar surface area (TPSA) is 333 Å². The van der Waals surface area contributed by atoms with Gasteiger partial charge in [0.25, 0.3) is 23.6 Å². The molecule has 8 aromatic carbocycles. The number of methoxy groups -OCH3 is 1. The first-order valence-corrected chi connectivity index (χ1v) is 51.7. The zero-order chi connectivity index (χ0) is 101. The Morgan fingerprint density at radius 3 is 0.825 bits per heavy atom. The number of nitrogens with one attached hydrogen (secondary N) is 10. The smallest absolute Gasteiger partial charge is 0.407 e. The van der Waals surface area contributed by atoms with Crippen molar-refractivity contribution in [1.82, 2.24) is 113 Å². The molecular formula is C100H104Cl12N22O8S. The lowest BCUT2D eigenvalue weighted by molar-refractivity contribution is -0.120. The fraction of sp³-hybridized carbons (Fsp3) is 0.320. The molecule has 0 spiro atoms. The van der Waals surface area contributed by atoms with E-state index in [1.807, 2.05) is 75.5 Å². The van der Waals surface area contributed by atoms with Crippen molar-refractivity contribution < 1.29 is 38.3 Å². The molecule has 5 aliphatic rings. The lowest BCUT2D eigenvalue weighted by Gasteiger charge is -2.26. The van der Waals surface area contributed by atoms with Crippen LogP contribution in [0.15, 0.2) is 170 Å². The number of carbonyl (C=O) groups excluding carboxylic acids is 7. The van der Waals surface area contributed by atoms with E-state index in [1.54, 1.807) is 147 Å². The lowest BCUT2D eigenvalue weighted by Crippen LogP contribution is -2.45. The molecule has 8 heterocycles. The monoisotopic (exact) mass is 2190 g/mol. The number of nitrogens with zero attached hydrogens (tertiary/aromatic N) is 12. The fourth-order valence-electron chi connectivity index (χ4n) is 16.5. The van der Waals surface area contributed by atoms with Crippen LogP contribution in [-0.2, 0) is 35.7 Å². The molecule has 0 unspecified atom stereocenters. The van der Waals surface area contributed by atoms with Crippen LogP contribution in [0.2, 0.25) is 60.3 Å². The molecule has 0 atom stereocenters. The molecule has 143 heavy (non-hydrogen) atoms. The van der Waals surface area contributed by atoms with Gasteiger partial charge in [0.15, 0.2) is 27.9 Å². The number of benzene rings is 8. The van der Waals surface area contributed by atoms with Crippen molar-refractivity contribution >= 4 is 198 Å². The Morgan fingerprint density at radius 2 is 0.580 bits per heavy atom. The van der Waals surface area contributed by atoms with Gasteiger partial charge in [0.05, 0.1) is 79.3 Å². The van der Waals surface area contributed by atoms with Crippen LogP contribution in [0.1, 0.15) is 174 Å². The fourth-order valence-corrected chi connectivity index (χ4v) is 19.2. The number of amides is 8. The Hall–Kier alpha value is -10.5. The first kappa shape index (κ1) is 108. The van der Waals surface area contributed by atoms with E-state index in [0.29, 0.717) is 146 Å². The maximum atomic E-state index is 13.6. The molecule has 0 radical (unpaired) electrons. The summed E-state index contributed by atoms with van der Waals surface area (Å²) in [6, 6.07) is 49.2. The standard InChI is InChI=1S/C26H27Cl3N6O2.C25H27Cl3N6OS.C25H26Cl3N5O2.C24H24Cl3N5O3/c27-17-6-4-16(5-7-17)24-20(15-30-26(37)31-19-9-10-19)23(25(36)33-34-12-2-1-3-13-34)32-35(24)22-11-8-18(28)14-21(22)29;1-2-29-25(36)30-15-19-22(24(35)32-33-12-4-3-5-13-33)31-34(21-11-10-18(27)14-20(21)28)23(19)16-6-8-17(26)9-7-16;1-2-22(34)29-15-19-23(25(35)31-32-12-4-3-5-13-32)30-33(21-11-10-18(27)14-20(21)28)24(19)16-6-8-17(26)9-7-16;1-35-24(34)28-14-18-21(23(33)30-31-11-3-2-4-12-31)29-32(20-10-9-17(26)13-19(20)27)22(18)15-5-7-16(25)8-6-15/h4-8,11,14,19H,1-3,9-10,12-13,15H2,(H,33,36)(H2,30,31,37);6-11,14H,2-5,12-13,15H2,1H3,(H,32,35)(H2,29,30,36);6-11,14H,2-5,12-13,15H2,1H3,(H,29,34)(H,31,35);5-10,13H,2-4,11-12,14H2,1H3,(H,28,34)(H,30,33). The minimum atomic E-state index is -0.633. The van der Waals surface area contributed by atoms with Crippen LogP contribution < -0.4 is 53.6 Å². The van der Waals surface area contributed by atoms with Gasteiger partial charge in [0.1, 0.15) is 0 Å². The normalized spacial score (nSPS) is 14.5. The summed E-state index contributed by atoms with van der Waals surface area (Å²) in [4.78, 5) is 90.6. The van der Waals surface area contributed by atoms with Crippen molar-refractivity contribution in [1.29, 1.82) is 0 Å². The van der Waals surface area contributed by atoms with Gasteiger partial charge in [-0.3, -0.25) is 45.7 Å². The van der Waals surface area contributed by atoms with E-state index in [2.05, 4.69) is 58.7 Å². The van der Waals surface area contributed by atoms with Crippen molar-refractivity contribution in [2.75, 3.05) is 66.0 Å². The second-order valence-corrected chi connectivity index (χ2v) is 39.5. The number of aromatic nitrogens is 8. The zero-order valence-corrected chi connectivity index (χ0v) is 88.0. The highest BCUT2D eigenvalue weighted by Gasteiger charge is 2.35. The van der Waals surface area contributed by atoms with E-state index in [4.69, 9.17) is 171 Å². The summed E-state index contributed by atoms with van der Waals surface area (Å²) in [6.45, 7) is 11.1. The van der Waals surface area contributed by atoms with Gasteiger partial charge >= 0.3 is 12.1 Å². The third-order valence-electron chi connectivity index (χ3n) is 23.8. The summed E-state index contributed by atoms with van der Waals surface area (Å²) in [7, 11) is 1.27. The molecule has 5 fully saturated rings. The predicted molar refractivity (Wildman–Crippen MR) is 571 cm³/mol. The summed E-state index contributed by atoms with van der Waals surface area (Å²) in [6.07, 6.45) is 14.4. The van der Waals surface area contributed by atoms with E-state index in [0.717, 1.165) is 165 Å². The predicted octanol–water partition coefficient (Wildman–Crippen LogP) is 22.3. The number of thiocarbonyl (C=S) groups is 1. The molecule has 30 nitrogen and oxygen atoms in total. The van der Waals surface area contributed by atoms with E-state index in [-0.39, 0.29) is 90.6 Å². The molecule has 4 aromatic heterocycles. The molecule has 10 N–H and O–H groups in total. The van der Waals surface area contributed by atoms with Gasteiger partial charge in [0.2, 0.25) is 5.91 Å². The van der Waals surface area contributed by atoms with Gasteiger partial charge in [0, 0.05) is 176 Å². The van der Waals surface area contributed by atoms with Crippen molar-refractivity contribution in [3.63, 3.8) is 0 Å². The van der Waals surface area contributed by atoms with Crippen LogP contribution in [0.5, 0.6) is 0 Å². The van der Waals surface area contributed by atoms with Gasteiger partial charge in [-0.2, -0.15) is 20.4 Å². The summed E-state index contributed by atoms with van der Waals surface area (Å²) >= 11 is 80.8. The van der Waals surface area contributed by atoms with Crippen LogP contribution in [0.25, 0.3) is 67.8 Å². The van der Waals surface area contributed by atoms with Crippen LogP contribution in [-0.4, -0.2) is 178 Å². The molecule has 752 valence electrons. The van der Waals surface area contributed by atoms with Crippen molar-refractivity contribution in [3.8, 4) is 67.8 Å². The SMILES string of the molecule is CCC(=O)NCc1c(C(=O)NN2CCCCC2)nn(-c2ccc(Cl)cc2Cl)c1-c1ccc(Cl)cc1.CCNC(=S)NCc1c(C(=O)NN2CCCCC2)nn(-c2ccc(Cl)cc2Cl)c1-c1ccc(Cl)cc1.COC(=O)NCc1c(C(=O)NN2CCCCC2)nn(-c2ccc(Cl)cc2Cl)c1-c1ccc(Cl)cc1.O=C(NCc1c(C(=O)NN2CCCCC2)nn(-c2ccc(Cl)cc2Cl)c1-c1ccc(Cl)cc1)NC1CC1. The molecule has 43 heteroatoms. The van der Waals surface area contributed by atoms with Gasteiger partial charge < -0.3 is 36.6 Å². The van der Waals surface area contributed by atoms with E-state index in [1.165, 1.54) is 7.11 Å². The summed E-state index contributed by atoms with van der Waals surface area (Å²) in [5.74, 6) is -1.49. The number of rotatable bonds is 27. The Morgan fingerprint density at radius 1 is 0.329 bits per heavy atom. The Balaban J connectivity index is 0.000000151. The quantitative estimate of drug-likeness (QED) is 0.0214. The number of ether oxygens (including phenoxy) is 1. The number of carbonyl (C=O) groups is 7. The number of urea groups is 1. The van der Waals surface area contributed by atoms with Gasteiger partial charge in [-0.25, -0.2) is 48.4 Å². The van der Waals surface area contributed by atoms with Crippen molar-refractivity contribution in [3.05, 3.63) is 275 Å². The van der Waals surface area contributed by atoms with Crippen LogP contribution in [0.3, 0.4) is 0 Å². The van der Waals surface area contributed by atoms with Gasteiger partial charge in [-0.15, -0.1) is 0 Å². The Kier molecular flexibility index (Phi) is 39.4. The summed E-state index contributed by atoms with van der Waals surface area (Å²) in [5, 5.41) is 50.5. The maximum Gasteiger partial charge on any atom is 0.407 e. The molecule has 17 rings (SSSR count). The minimum absolute atomic E-state index is 0.00139. The second kappa shape index (κ2) is 52.0. The molecule has 8 amide bonds. The zero-order valence-electron chi connectivity index (χ0n) is 78.1. The average Bonchev–Trinajstić information content (AvgIpc) is 1.63. The number of halogens is 12. The lowest BCUT2D eigenvalue weighted by atomic mass is 10.0. The first-order valence-electron chi connectivity index (χ1n) is 46.7. The van der Waals surface area contributed by atoms with Crippen LogP contribution in [0.4, 0.5) is 9.59 Å². The Bertz CT molecular complexity index is 6350. The highest BCUT2D eigenvalue weighted by atomic mass is 35.5. The summed E-state index contributed by atoms with van der Waals surface area (Å²) < 4.78 is 11.3. The molecule has 0 bridgehead atoms. The highest BCUT2D eigenvalue weighted by Crippen LogP contribution is 2.41. The Labute approximate surface area is 893 Å². The average molecular weight is 2200 g/mol. The largest absolute Gasteiger partial charge is 0.453 e. The van der Waals surface area contributed by atoms with E-state index < -0.39 is 6.09 Å². The highest BCUT2D eigenvalue weighted by molar-refractivity contribution is 7.80. The first-order chi connectivity index (χ1) is 69.0. The van der Waals surface area contributed by atoms with Gasteiger partial charge in [-0.1, -0.05) is 220 Å². The minimum Gasteiger partial charge on any atom is -0.453 e. The summed E-state index contributed by atoms with van der Waals surface area (Å²) in [5.41, 5.74) is 23.0. The number of alkyl carbamates (subject to hydrolysis) is 1. The van der Waals surface area contributed by atoms with Crippen molar-refractivity contribution in [2.24, 2.45) is 0 Å². The van der Waals surface area contributed by atoms with Crippen molar-refractivity contribution in [2.45, 2.75) is 142 Å². The van der Waals surface area contributed by atoms with E-state index in [9.17, 15) is 33.6 Å². The number of piperidine rings is 4.